The standard InChI is InChI=1S/C21H28N2O3/c24-20-9-5-2-6-12-22(20)15-21(25)23-13-18(16-7-3-1-4-8-16)26-19(14-23)17-10-11-17/h1,3-4,7-8,17-19H,2,5-6,9-15H2/t18-,19+/m0/s1. The minimum Gasteiger partial charge on any atom is -0.366 e. The quantitative estimate of drug-likeness (QED) is 0.833. The van der Waals surface area contributed by atoms with Crippen LogP contribution in [0.4, 0.5) is 0 Å². The Morgan fingerprint density at radius 2 is 1.88 bits per heavy atom. The molecule has 1 aromatic carbocycles. The average molecular weight is 356 g/mol. The van der Waals surface area contributed by atoms with Crippen LogP contribution in [0.2, 0.25) is 0 Å². The summed E-state index contributed by atoms with van der Waals surface area (Å²) >= 11 is 0. The minimum absolute atomic E-state index is 0.0649. The molecule has 2 aliphatic heterocycles. The van der Waals surface area contributed by atoms with E-state index in [2.05, 4.69) is 12.1 Å². The Labute approximate surface area is 155 Å². The SMILES string of the molecule is O=C1CCCCCN1CC(=O)N1C[C@@H](c2ccccc2)O[C@@H](C2CC2)C1. The fraction of sp³-hybridized carbons (Fsp3) is 0.619. The highest BCUT2D eigenvalue weighted by atomic mass is 16.5. The molecular formula is C21H28N2O3. The molecule has 140 valence electrons. The zero-order chi connectivity index (χ0) is 17.9. The van der Waals surface area contributed by atoms with Crippen LogP contribution in [0, 0.1) is 5.92 Å². The Morgan fingerprint density at radius 3 is 2.65 bits per heavy atom. The third-order valence-corrected chi connectivity index (χ3v) is 5.79. The van der Waals surface area contributed by atoms with Crippen LogP contribution in [-0.4, -0.2) is 53.9 Å². The second-order valence-electron chi connectivity index (χ2n) is 7.84. The number of hydrogen-bond donors (Lipinski definition) is 0. The number of likely N-dealkylation sites (tertiary alicyclic amines) is 1. The summed E-state index contributed by atoms with van der Waals surface area (Å²) in [5.41, 5.74) is 1.13. The number of nitrogens with zero attached hydrogens (tertiary/aromatic N) is 2. The van der Waals surface area contributed by atoms with Crippen molar-refractivity contribution in [3.8, 4) is 0 Å². The topological polar surface area (TPSA) is 49.9 Å². The number of carbonyl (C=O) groups excluding carboxylic acids is 2. The lowest BCUT2D eigenvalue weighted by molar-refractivity contribution is -0.152. The molecule has 0 unspecified atom stereocenters. The van der Waals surface area contributed by atoms with Crippen molar-refractivity contribution in [3.63, 3.8) is 0 Å². The molecule has 4 rings (SSSR count). The first-order chi connectivity index (χ1) is 12.7. The van der Waals surface area contributed by atoms with Crippen molar-refractivity contribution in [2.24, 2.45) is 5.92 Å². The molecule has 5 nitrogen and oxygen atoms in total. The van der Waals surface area contributed by atoms with Crippen molar-refractivity contribution in [2.75, 3.05) is 26.2 Å². The normalized spacial score (nSPS) is 27.3. The molecule has 26 heavy (non-hydrogen) atoms. The van der Waals surface area contributed by atoms with Gasteiger partial charge < -0.3 is 14.5 Å². The van der Waals surface area contributed by atoms with Gasteiger partial charge in [0.25, 0.3) is 0 Å². The molecule has 2 saturated heterocycles. The maximum Gasteiger partial charge on any atom is 0.242 e. The monoisotopic (exact) mass is 356 g/mol. The number of ether oxygens (including phenoxy) is 1. The van der Waals surface area contributed by atoms with Crippen LogP contribution >= 0.6 is 0 Å². The van der Waals surface area contributed by atoms with Crippen LogP contribution in [0.15, 0.2) is 30.3 Å². The summed E-state index contributed by atoms with van der Waals surface area (Å²) in [7, 11) is 0. The van der Waals surface area contributed by atoms with E-state index in [1.807, 2.05) is 23.1 Å². The van der Waals surface area contributed by atoms with Crippen LogP contribution in [0.25, 0.3) is 0 Å². The molecule has 3 fully saturated rings. The first-order valence-electron chi connectivity index (χ1n) is 9.96. The van der Waals surface area contributed by atoms with E-state index in [9.17, 15) is 9.59 Å². The van der Waals surface area contributed by atoms with E-state index >= 15 is 0 Å². The van der Waals surface area contributed by atoms with Gasteiger partial charge in [0, 0.05) is 19.5 Å². The smallest absolute Gasteiger partial charge is 0.242 e. The van der Waals surface area contributed by atoms with Crippen LogP contribution in [0.5, 0.6) is 0 Å². The van der Waals surface area contributed by atoms with Crippen molar-refractivity contribution in [3.05, 3.63) is 35.9 Å². The molecule has 1 aromatic rings. The summed E-state index contributed by atoms with van der Waals surface area (Å²) in [4.78, 5) is 28.9. The van der Waals surface area contributed by atoms with Gasteiger partial charge in [0.1, 0.15) is 6.10 Å². The number of rotatable bonds is 4. The van der Waals surface area contributed by atoms with Gasteiger partial charge in [-0.25, -0.2) is 0 Å². The van der Waals surface area contributed by atoms with E-state index in [1.54, 1.807) is 4.90 Å². The van der Waals surface area contributed by atoms with Gasteiger partial charge in [-0.3, -0.25) is 9.59 Å². The number of morpholine rings is 1. The lowest BCUT2D eigenvalue weighted by Crippen LogP contribution is -2.51. The Hall–Kier alpha value is -1.88. The zero-order valence-electron chi connectivity index (χ0n) is 15.3. The largest absolute Gasteiger partial charge is 0.366 e. The van der Waals surface area contributed by atoms with Gasteiger partial charge in [-0.1, -0.05) is 36.8 Å². The highest BCUT2D eigenvalue weighted by Gasteiger charge is 2.40. The summed E-state index contributed by atoms with van der Waals surface area (Å²) in [6, 6.07) is 10.2. The number of benzene rings is 1. The third-order valence-electron chi connectivity index (χ3n) is 5.79. The number of amides is 2. The molecule has 2 amide bonds. The maximum absolute atomic E-state index is 13.0. The van der Waals surface area contributed by atoms with Gasteiger partial charge >= 0.3 is 0 Å². The van der Waals surface area contributed by atoms with E-state index in [0.29, 0.717) is 32.0 Å². The fourth-order valence-corrected chi connectivity index (χ4v) is 4.04. The summed E-state index contributed by atoms with van der Waals surface area (Å²) in [6.07, 6.45) is 6.04. The maximum atomic E-state index is 13.0. The summed E-state index contributed by atoms with van der Waals surface area (Å²) in [5.74, 6) is 0.772. The summed E-state index contributed by atoms with van der Waals surface area (Å²) < 4.78 is 6.33. The number of carbonyl (C=O) groups is 2. The van der Waals surface area contributed by atoms with Gasteiger partial charge in [-0.15, -0.1) is 0 Å². The van der Waals surface area contributed by atoms with Crippen molar-refractivity contribution in [2.45, 2.75) is 50.7 Å². The van der Waals surface area contributed by atoms with Crippen molar-refractivity contribution in [1.29, 1.82) is 0 Å². The molecule has 5 heteroatoms. The molecular weight excluding hydrogens is 328 g/mol. The lowest BCUT2D eigenvalue weighted by Gasteiger charge is -2.39. The molecule has 0 aromatic heterocycles. The summed E-state index contributed by atoms with van der Waals surface area (Å²) in [6.45, 7) is 2.17. The van der Waals surface area contributed by atoms with Crippen LogP contribution in [0.1, 0.15) is 50.2 Å². The highest BCUT2D eigenvalue weighted by Crippen LogP contribution is 2.39. The highest BCUT2D eigenvalue weighted by molar-refractivity contribution is 5.85. The lowest BCUT2D eigenvalue weighted by atomic mass is 10.0. The first-order valence-corrected chi connectivity index (χ1v) is 9.96. The van der Waals surface area contributed by atoms with Crippen molar-refractivity contribution in [1.82, 2.24) is 9.80 Å². The van der Waals surface area contributed by atoms with Gasteiger partial charge in [0.15, 0.2) is 0 Å². The zero-order valence-corrected chi connectivity index (χ0v) is 15.3. The molecule has 2 heterocycles. The second-order valence-corrected chi connectivity index (χ2v) is 7.84. The van der Waals surface area contributed by atoms with E-state index in [-0.39, 0.29) is 30.6 Å². The molecule has 1 aliphatic carbocycles. The molecule has 1 saturated carbocycles. The Bertz CT molecular complexity index is 644. The first kappa shape index (κ1) is 17.5. The molecule has 0 N–H and O–H groups in total. The Balaban J connectivity index is 1.45. The van der Waals surface area contributed by atoms with Crippen molar-refractivity contribution < 1.29 is 14.3 Å². The van der Waals surface area contributed by atoms with Gasteiger partial charge in [-0.05, 0) is 37.2 Å². The van der Waals surface area contributed by atoms with Gasteiger partial charge in [0.05, 0.1) is 19.2 Å². The van der Waals surface area contributed by atoms with E-state index < -0.39 is 0 Å². The number of hydrogen-bond acceptors (Lipinski definition) is 3. The predicted octanol–water partition coefficient (Wildman–Crippen LogP) is 2.77. The van der Waals surface area contributed by atoms with E-state index in [4.69, 9.17) is 4.74 Å². The molecule has 3 aliphatic rings. The molecule has 0 bridgehead atoms. The van der Waals surface area contributed by atoms with Crippen LogP contribution in [-0.2, 0) is 14.3 Å². The predicted molar refractivity (Wildman–Crippen MR) is 98.4 cm³/mol. The molecule has 2 atom stereocenters. The van der Waals surface area contributed by atoms with Gasteiger partial charge in [-0.2, -0.15) is 0 Å². The van der Waals surface area contributed by atoms with E-state index in [0.717, 1.165) is 24.8 Å². The average Bonchev–Trinajstić information content (AvgIpc) is 3.52. The Kier molecular flexibility index (Phi) is 5.25. The Morgan fingerprint density at radius 1 is 1.08 bits per heavy atom. The molecule has 0 spiro atoms. The minimum atomic E-state index is -0.0701. The second kappa shape index (κ2) is 7.78. The van der Waals surface area contributed by atoms with Crippen molar-refractivity contribution >= 4 is 11.8 Å². The van der Waals surface area contributed by atoms with Crippen LogP contribution < -0.4 is 0 Å². The summed E-state index contributed by atoms with van der Waals surface area (Å²) in [5, 5.41) is 0. The van der Waals surface area contributed by atoms with E-state index in [1.165, 1.54) is 12.8 Å². The fourth-order valence-electron chi connectivity index (χ4n) is 4.04. The molecule has 0 radical (unpaired) electrons. The van der Waals surface area contributed by atoms with Crippen LogP contribution in [0.3, 0.4) is 0 Å². The third kappa shape index (κ3) is 4.09. The van der Waals surface area contributed by atoms with Gasteiger partial charge in [0.2, 0.25) is 11.8 Å².